The van der Waals surface area contributed by atoms with Crippen LogP contribution in [0.2, 0.25) is 0 Å². The number of hydrogen-bond donors (Lipinski definition) is 2. The number of amides is 1. The molecule has 1 aromatic carbocycles. The normalized spacial score (nSPS) is 11.1. The summed E-state index contributed by atoms with van der Waals surface area (Å²) in [6.07, 6.45) is 1.32. The number of hydrogen-bond acceptors (Lipinski definition) is 8. The predicted octanol–water partition coefficient (Wildman–Crippen LogP) is 3.26. The van der Waals surface area contributed by atoms with E-state index in [-0.39, 0.29) is 17.6 Å². The number of H-pyrrole nitrogens is 1. The van der Waals surface area contributed by atoms with E-state index in [1.807, 2.05) is 31.2 Å². The van der Waals surface area contributed by atoms with Gasteiger partial charge in [-0.1, -0.05) is 41.3 Å². The van der Waals surface area contributed by atoms with Crippen molar-refractivity contribution in [3.8, 4) is 0 Å². The second-order valence-corrected chi connectivity index (χ2v) is 7.47. The van der Waals surface area contributed by atoms with E-state index in [1.54, 1.807) is 0 Å². The number of thioether (sulfide) groups is 1. The first-order valence-corrected chi connectivity index (χ1v) is 9.11. The first-order chi connectivity index (χ1) is 12.2. The topological polar surface area (TPSA) is 110 Å². The van der Waals surface area contributed by atoms with Gasteiger partial charge in [0.05, 0.1) is 0 Å². The molecule has 0 fully saturated rings. The lowest BCUT2D eigenvalue weighted by Crippen LogP contribution is -2.13. The Bertz CT molecular complexity index is 1020. The molecule has 0 bridgehead atoms. The fourth-order valence-electron chi connectivity index (χ4n) is 2.33. The monoisotopic (exact) mass is 372 g/mol. The van der Waals surface area contributed by atoms with Crippen LogP contribution in [0.15, 0.2) is 39.3 Å². The van der Waals surface area contributed by atoms with Gasteiger partial charge in [-0.05, 0) is 13.0 Å². The maximum Gasteiger partial charge on any atom is 0.294 e. The maximum absolute atomic E-state index is 12.6. The van der Waals surface area contributed by atoms with Crippen molar-refractivity contribution >= 4 is 45.9 Å². The summed E-state index contributed by atoms with van der Waals surface area (Å²) in [7, 11) is 0. The molecule has 0 aliphatic heterocycles. The summed E-state index contributed by atoms with van der Waals surface area (Å²) in [5.74, 6) is 0.692. The van der Waals surface area contributed by atoms with E-state index < -0.39 is 0 Å². The molecular formula is C15H12N6O2S2. The lowest BCUT2D eigenvalue weighted by atomic mass is 10.1. The van der Waals surface area contributed by atoms with Crippen LogP contribution in [0.1, 0.15) is 21.1 Å². The van der Waals surface area contributed by atoms with Gasteiger partial charge in [0.15, 0.2) is 10.1 Å². The highest BCUT2D eigenvalue weighted by Crippen LogP contribution is 2.33. The molecule has 126 valence electrons. The van der Waals surface area contributed by atoms with Crippen molar-refractivity contribution in [3.05, 3.63) is 46.9 Å². The minimum atomic E-state index is -0.378. The van der Waals surface area contributed by atoms with Crippen molar-refractivity contribution in [1.82, 2.24) is 25.4 Å². The third kappa shape index (κ3) is 3.26. The third-order valence-corrected chi connectivity index (χ3v) is 5.40. The van der Waals surface area contributed by atoms with E-state index in [0.717, 1.165) is 20.3 Å². The molecule has 0 unspecified atom stereocenters. The molecule has 3 heterocycles. The highest BCUT2D eigenvalue weighted by molar-refractivity contribution is 8.00. The number of aryl methyl sites for hydroxylation is 1. The minimum Gasteiger partial charge on any atom is -0.451 e. The quantitative estimate of drug-likeness (QED) is 0.517. The molecule has 0 saturated carbocycles. The van der Waals surface area contributed by atoms with Crippen LogP contribution in [0.3, 0.4) is 0 Å². The Balaban J connectivity index is 1.66. The van der Waals surface area contributed by atoms with Gasteiger partial charge in [-0.2, -0.15) is 10.1 Å². The van der Waals surface area contributed by atoms with E-state index in [2.05, 4.69) is 30.7 Å². The fourth-order valence-corrected chi connectivity index (χ4v) is 4.17. The van der Waals surface area contributed by atoms with E-state index in [9.17, 15) is 4.79 Å². The van der Waals surface area contributed by atoms with Crippen molar-refractivity contribution in [3.63, 3.8) is 0 Å². The van der Waals surface area contributed by atoms with Crippen molar-refractivity contribution < 1.29 is 9.21 Å². The van der Waals surface area contributed by atoms with Crippen LogP contribution in [0.25, 0.3) is 11.0 Å². The molecule has 4 rings (SSSR count). The van der Waals surface area contributed by atoms with E-state index >= 15 is 0 Å². The van der Waals surface area contributed by atoms with Gasteiger partial charge in [-0.25, -0.2) is 5.10 Å². The zero-order chi connectivity index (χ0) is 17.2. The number of furan rings is 1. The van der Waals surface area contributed by atoms with Crippen molar-refractivity contribution in [1.29, 1.82) is 0 Å². The van der Waals surface area contributed by atoms with Gasteiger partial charge >= 0.3 is 0 Å². The van der Waals surface area contributed by atoms with Gasteiger partial charge in [-0.3, -0.25) is 10.1 Å². The number of nitrogens with zero attached hydrogens (tertiary/aromatic N) is 4. The van der Waals surface area contributed by atoms with Crippen LogP contribution in [0.4, 0.5) is 5.95 Å². The Kier molecular flexibility index (Phi) is 4.20. The van der Waals surface area contributed by atoms with Crippen molar-refractivity contribution in [2.45, 2.75) is 17.0 Å². The van der Waals surface area contributed by atoms with Crippen LogP contribution < -0.4 is 5.32 Å². The number of fused-ring (bicyclic) bond motifs is 1. The van der Waals surface area contributed by atoms with Gasteiger partial charge in [0, 0.05) is 16.7 Å². The highest BCUT2D eigenvalue weighted by atomic mass is 32.2. The Hall–Kier alpha value is -2.72. The van der Waals surface area contributed by atoms with E-state index in [0.29, 0.717) is 11.3 Å². The van der Waals surface area contributed by atoms with Crippen molar-refractivity contribution in [2.75, 3.05) is 5.32 Å². The van der Waals surface area contributed by atoms with Gasteiger partial charge in [0.2, 0.25) is 5.95 Å². The zero-order valence-electron chi connectivity index (χ0n) is 13.0. The first kappa shape index (κ1) is 15.8. The van der Waals surface area contributed by atoms with E-state index in [1.165, 1.54) is 29.4 Å². The molecule has 8 nitrogen and oxygen atoms in total. The van der Waals surface area contributed by atoms with Crippen LogP contribution in [0, 0.1) is 6.92 Å². The molecule has 10 heteroatoms. The van der Waals surface area contributed by atoms with Crippen LogP contribution in [0.5, 0.6) is 0 Å². The van der Waals surface area contributed by atoms with Crippen LogP contribution >= 0.6 is 23.1 Å². The molecule has 3 aromatic heterocycles. The Morgan fingerprint density at radius 3 is 3.00 bits per heavy atom. The average Bonchev–Trinajstić information content (AvgIpc) is 3.33. The summed E-state index contributed by atoms with van der Waals surface area (Å²) in [6, 6.07) is 7.56. The molecule has 0 aliphatic rings. The number of carbonyl (C=O) groups excluding carboxylic acids is 1. The summed E-state index contributed by atoms with van der Waals surface area (Å²) in [5.41, 5.74) is 1.47. The van der Waals surface area contributed by atoms with Gasteiger partial charge in [-0.15, -0.1) is 10.2 Å². The standard InChI is InChI=1S/C15H12N6O2S2/c1-8-19-21-15(25-8)24-6-10-9-4-2-3-5-11(9)23-12(10)13(22)18-14-16-7-17-20-14/h2-5,7H,6H2,1H3,(H2,16,17,18,20,22). The number of rotatable bonds is 5. The lowest BCUT2D eigenvalue weighted by molar-refractivity contribution is 0.0997. The Labute approximate surface area is 150 Å². The highest BCUT2D eigenvalue weighted by Gasteiger charge is 2.21. The summed E-state index contributed by atoms with van der Waals surface area (Å²) >= 11 is 3.04. The number of carbonyl (C=O) groups is 1. The SMILES string of the molecule is Cc1nnc(SCc2c(C(=O)Nc3ncn[nH]3)oc3ccccc23)s1. The van der Waals surface area contributed by atoms with E-state index in [4.69, 9.17) is 4.42 Å². The lowest BCUT2D eigenvalue weighted by Gasteiger charge is -2.02. The minimum absolute atomic E-state index is 0.256. The molecule has 25 heavy (non-hydrogen) atoms. The van der Waals surface area contributed by atoms with Crippen molar-refractivity contribution in [2.24, 2.45) is 0 Å². The van der Waals surface area contributed by atoms with Gasteiger partial charge in [0.1, 0.15) is 16.9 Å². The number of aromatic nitrogens is 5. The summed E-state index contributed by atoms with van der Waals surface area (Å²) in [5, 5.41) is 18.9. The molecule has 0 aliphatic carbocycles. The number of nitrogens with one attached hydrogen (secondary N) is 2. The predicted molar refractivity (Wildman–Crippen MR) is 94.8 cm³/mol. The Morgan fingerprint density at radius 1 is 1.36 bits per heavy atom. The number of anilines is 1. The fraction of sp³-hybridized carbons (Fsp3) is 0.133. The third-order valence-electron chi connectivity index (χ3n) is 3.40. The largest absolute Gasteiger partial charge is 0.451 e. The van der Waals surface area contributed by atoms with Gasteiger partial charge < -0.3 is 4.42 Å². The average molecular weight is 372 g/mol. The zero-order valence-corrected chi connectivity index (χ0v) is 14.6. The van der Waals surface area contributed by atoms with Crippen LogP contribution in [-0.2, 0) is 5.75 Å². The number of benzene rings is 1. The summed E-state index contributed by atoms with van der Waals surface area (Å²) in [6.45, 7) is 1.91. The second-order valence-electron chi connectivity index (χ2n) is 5.07. The maximum atomic E-state index is 12.6. The molecule has 0 saturated heterocycles. The molecule has 2 N–H and O–H groups in total. The second kappa shape index (κ2) is 6.65. The smallest absolute Gasteiger partial charge is 0.294 e. The summed E-state index contributed by atoms with van der Waals surface area (Å²) < 4.78 is 6.63. The molecular weight excluding hydrogens is 360 g/mol. The molecule has 1 amide bonds. The molecule has 0 atom stereocenters. The number of para-hydroxylation sites is 1. The molecule has 0 radical (unpaired) electrons. The van der Waals surface area contributed by atoms with Crippen LogP contribution in [-0.4, -0.2) is 31.3 Å². The summed E-state index contributed by atoms with van der Waals surface area (Å²) in [4.78, 5) is 16.5. The van der Waals surface area contributed by atoms with Gasteiger partial charge in [0.25, 0.3) is 5.91 Å². The molecule has 4 aromatic rings. The Morgan fingerprint density at radius 2 is 2.24 bits per heavy atom. The number of aromatic amines is 1. The first-order valence-electron chi connectivity index (χ1n) is 7.31. The molecule has 0 spiro atoms.